The maximum atomic E-state index is 12.7. The average molecular weight is 394 g/mol. The zero-order valence-corrected chi connectivity index (χ0v) is 15.3. The second-order valence-corrected chi connectivity index (χ2v) is 6.48. The van der Waals surface area contributed by atoms with Crippen LogP contribution in [-0.2, 0) is 12.7 Å². The van der Waals surface area contributed by atoms with Crippen molar-refractivity contribution in [3.63, 3.8) is 0 Å². The van der Waals surface area contributed by atoms with Crippen molar-refractivity contribution in [2.75, 3.05) is 4.90 Å². The summed E-state index contributed by atoms with van der Waals surface area (Å²) in [6.07, 6.45) is -2.57. The van der Waals surface area contributed by atoms with Crippen molar-refractivity contribution < 1.29 is 13.2 Å². The van der Waals surface area contributed by atoms with Gasteiger partial charge >= 0.3 is 6.18 Å². The molecule has 4 aromatic rings. The summed E-state index contributed by atoms with van der Waals surface area (Å²) in [5.74, 6) is 0.620. The molecule has 4 nitrogen and oxygen atoms in total. The maximum absolute atomic E-state index is 12.7. The number of halogens is 3. The van der Waals surface area contributed by atoms with Crippen molar-refractivity contribution in [1.29, 1.82) is 0 Å². The summed E-state index contributed by atoms with van der Waals surface area (Å²) in [6.45, 7) is 0.322. The van der Waals surface area contributed by atoms with E-state index in [-0.39, 0.29) is 0 Å². The standard InChI is InChI=1S/C22H17F3N4/c23-22(24,25)18-13-11-17(12-14-18)15-28-16-21(26-27-28)29(19-7-3-1-4-8-19)20-9-5-2-6-10-20/h1-14,16H,15H2. The van der Waals surface area contributed by atoms with Crippen molar-refractivity contribution in [3.05, 3.63) is 102 Å². The van der Waals surface area contributed by atoms with Crippen molar-refractivity contribution in [2.24, 2.45) is 0 Å². The van der Waals surface area contributed by atoms with Crippen LogP contribution in [0.2, 0.25) is 0 Å². The molecule has 0 fully saturated rings. The Balaban J connectivity index is 1.61. The Morgan fingerprint density at radius 1 is 0.759 bits per heavy atom. The predicted octanol–water partition coefficient (Wildman–Crippen LogP) is 5.82. The lowest BCUT2D eigenvalue weighted by molar-refractivity contribution is -0.137. The molecular formula is C22H17F3N4. The average Bonchev–Trinajstić information content (AvgIpc) is 3.17. The Kier molecular flexibility index (Phi) is 5.03. The second kappa shape index (κ2) is 7.79. The Labute approximate surface area is 165 Å². The largest absolute Gasteiger partial charge is 0.416 e. The van der Waals surface area contributed by atoms with E-state index in [0.29, 0.717) is 17.9 Å². The van der Waals surface area contributed by atoms with Crippen molar-refractivity contribution in [1.82, 2.24) is 15.0 Å². The van der Waals surface area contributed by atoms with E-state index in [9.17, 15) is 13.2 Å². The second-order valence-electron chi connectivity index (χ2n) is 6.48. The molecule has 0 saturated heterocycles. The minimum absolute atomic E-state index is 0.322. The third-order valence-electron chi connectivity index (χ3n) is 4.41. The van der Waals surface area contributed by atoms with Gasteiger partial charge in [0, 0.05) is 11.4 Å². The zero-order chi connectivity index (χ0) is 20.3. The molecule has 0 aliphatic carbocycles. The van der Waals surface area contributed by atoms with Crippen LogP contribution in [0.15, 0.2) is 91.1 Å². The van der Waals surface area contributed by atoms with Crippen LogP contribution < -0.4 is 4.90 Å². The van der Waals surface area contributed by atoms with Crippen molar-refractivity contribution in [3.8, 4) is 0 Å². The van der Waals surface area contributed by atoms with Gasteiger partial charge in [-0.15, -0.1) is 5.10 Å². The fraction of sp³-hybridized carbons (Fsp3) is 0.0909. The summed E-state index contributed by atoms with van der Waals surface area (Å²) in [7, 11) is 0. The highest BCUT2D eigenvalue weighted by molar-refractivity contribution is 5.73. The highest BCUT2D eigenvalue weighted by Gasteiger charge is 2.29. The monoisotopic (exact) mass is 394 g/mol. The molecule has 4 rings (SSSR count). The van der Waals surface area contributed by atoms with Crippen LogP contribution in [-0.4, -0.2) is 15.0 Å². The van der Waals surface area contributed by atoms with E-state index < -0.39 is 11.7 Å². The molecule has 0 atom stereocenters. The molecule has 0 aliphatic heterocycles. The van der Waals surface area contributed by atoms with Crippen molar-refractivity contribution >= 4 is 17.2 Å². The van der Waals surface area contributed by atoms with Crippen molar-refractivity contribution in [2.45, 2.75) is 12.7 Å². The van der Waals surface area contributed by atoms with Crippen LogP contribution in [0.3, 0.4) is 0 Å². The quantitative estimate of drug-likeness (QED) is 0.428. The van der Waals surface area contributed by atoms with Crippen LogP contribution in [0.1, 0.15) is 11.1 Å². The van der Waals surface area contributed by atoms with Crippen LogP contribution in [0.4, 0.5) is 30.4 Å². The fourth-order valence-electron chi connectivity index (χ4n) is 3.02. The molecule has 0 N–H and O–H groups in total. The van der Waals surface area contributed by atoms with Gasteiger partial charge in [-0.25, -0.2) is 4.68 Å². The molecular weight excluding hydrogens is 377 g/mol. The lowest BCUT2D eigenvalue weighted by Crippen LogP contribution is -2.10. The van der Waals surface area contributed by atoms with Gasteiger partial charge in [0.2, 0.25) is 0 Å². The van der Waals surface area contributed by atoms with E-state index in [2.05, 4.69) is 10.3 Å². The first kappa shape index (κ1) is 18.7. The number of benzene rings is 3. The molecule has 146 valence electrons. The molecule has 0 bridgehead atoms. The summed E-state index contributed by atoms with van der Waals surface area (Å²) in [5.41, 5.74) is 1.90. The highest BCUT2D eigenvalue weighted by atomic mass is 19.4. The van der Waals surface area contributed by atoms with Crippen LogP contribution in [0.25, 0.3) is 0 Å². The van der Waals surface area contributed by atoms with Gasteiger partial charge in [0.25, 0.3) is 0 Å². The molecule has 0 radical (unpaired) electrons. The number of aromatic nitrogens is 3. The Morgan fingerprint density at radius 2 is 1.31 bits per heavy atom. The number of nitrogens with zero attached hydrogens (tertiary/aromatic N) is 4. The molecule has 0 spiro atoms. The first-order chi connectivity index (χ1) is 14.0. The lowest BCUT2D eigenvalue weighted by Gasteiger charge is -2.21. The Bertz CT molecular complexity index is 1020. The van der Waals surface area contributed by atoms with E-state index in [4.69, 9.17) is 0 Å². The van der Waals surface area contributed by atoms with Crippen LogP contribution >= 0.6 is 0 Å². The zero-order valence-electron chi connectivity index (χ0n) is 15.3. The topological polar surface area (TPSA) is 34.0 Å². The van der Waals surface area contributed by atoms with Crippen LogP contribution in [0, 0.1) is 0 Å². The first-order valence-electron chi connectivity index (χ1n) is 8.97. The minimum atomic E-state index is -4.34. The summed E-state index contributed by atoms with van der Waals surface area (Å²) < 4.78 is 39.8. The Hall–Kier alpha value is -3.61. The van der Waals surface area contributed by atoms with Gasteiger partial charge in [0.05, 0.1) is 18.3 Å². The number of rotatable bonds is 5. The van der Waals surface area contributed by atoms with E-state index in [0.717, 1.165) is 23.5 Å². The first-order valence-corrected chi connectivity index (χ1v) is 8.97. The van der Waals surface area contributed by atoms with Gasteiger partial charge in [-0.2, -0.15) is 13.2 Å². The van der Waals surface area contributed by atoms with Gasteiger partial charge < -0.3 is 0 Å². The molecule has 0 aliphatic rings. The molecule has 7 heteroatoms. The van der Waals surface area contributed by atoms with E-state index in [1.165, 1.54) is 12.1 Å². The van der Waals surface area contributed by atoms with Gasteiger partial charge in [0.15, 0.2) is 5.82 Å². The molecule has 29 heavy (non-hydrogen) atoms. The van der Waals surface area contributed by atoms with Crippen LogP contribution in [0.5, 0.6) is 0 Å². The molecule has 0 amide bonds. The van der Waals surface area contributed by atoms with Gasteiger partial charge in [-0.3, -0.25) is 4.90 Å². The molecule has 3 aromatic carbocycles. The van der Waals surface area contributed by atoms with Gasteiger partial charge in [0.1, 0.15) is 0 Å². The number of anilines is 3. The highest BCUT2D eigenvalue weighted by Crippen LogP contribution is 2.32. The normalized spacial score (nSPS) is 11.4. The third-order valence-corrected chi connectivity index (χ3v) is 4.41. The summed E-state index contributed by atoms with van der Waals surface area (Å²) in [5, 5.41) is 8.44. The predicted molar refractivity (Wildman–Crippen MR) is 105 cm³/mol. The van der Waals surface area contributed by atoms with E-state index in [1.807, 2.05) is 65.6 Å². The number of hydrogen-bond donors (Lipinski definition) is 0. The Morgan fingerprint density at radius 3 is 1.83 bits per heavy atom. The summed E-state index contributed by atoms with van der Waals surface area (Å²) in [4.78, 5) is 1.97. The molecule has 1 heterocycles. The third kappa shape index (κ3) is 4.29. The molecule has 0 saturated carbocycles. The molecule has 1 aromatic heterocycles. The van der Waals surface area contributed by atoms with Gasteiger partial charge in [-0.05, 0) is 42.0 Å². The van der Waals surface area contributed by atoms with E-state index in [1.54, 1.807) is 10.9 Å². The number of para-hydroxylation sites is 2. The number of hydrogen-bond acceptors (Lipinski definition) is 3. The smallest absolute Gasteiger partial charge is 0.292 e. The number of alkyl halides is 3. The lowest BCUT2D eigenvalue weighted by atomic mass is 10.1. The maximum Gasteiger partial charge on any atom is 0.416 e. The van der Waals surface area contributed by atoms with E-state index >= 15 is 0 Å². The van der Waals surface area contributed by atoms with Gasteiger partial charge in [-0.1, -0.05) is 53.7 Å². The minimum Gasteiger partial charge on any atom is -0.292 e. The summed E-state index contributed by atoms with van der Waals surface area (Å²) >= 11 is 0. The molecule has 0 unspecified atom stereocenters. The summed E-state index contributed by atoms with van der Waals surface area (Å²) in [6, 6.07) is 24.6. The SMILES string of the molecule is FC(F)(F)c1ccc(Cn2cc(N(c3ccccc3)c3ccccc3)nn2)cc1. The fourth-order valence-corrected chi connectivity index (χ4v) is 3.02.